The molecule has 0 radical (unpaired) electrons. The number of nitrogens with zero attached hydrogens (tertiary/aromatic N) is 2. The van der Waals surface area contributed by atoms with Gasteiger partial charge in [-0.15, -0.1) is 0 Å². The third-order valence-electron chi connectivity index (χ3n) is 6.57. The molecule has 6 nitrogen and oxygen atoms in total. The number of aromatic nitrogens is 2. The summed E-state index contributed by atoms with van der Waals surface area (Å²) < 4.78 is 13.2. The summed E-state index contributed by atoms with van der Waals surface area (Å²) in [6.45, 7) is 2.91. The first kappa shape index (κ1) is 23.1. The summed E-state index contributed by atoms with van der Waals surface area (Å²) in [4.78, 5) is 11.0. The molecule has 1 N–H and O–H groups in total. The molecular formula is C27H32N2O4. The molecule has 0 spiro atoms. The number of carboxylic acid groups (broad SMARTS) is 1. The molecule has 2 aromatic carbocycles. The van der Waals surface area contributed by atoms with E-state index in [4.69, 9.17) is 19.7 Å². The SMILES string of the molecule is COc1cccc(-c2c(C)nn(CC3(COCC(=O)O)CCCCC3)c2-c2ccccc2)c1. The predicted molar refractivity (Wildman–Crippen MR) is 128 cm³/mol. The quantitative estimate of drug-likeness (QED) is 0.462. The Hall–Kier alpha value is -3.12. The second-order valence-corrected chi connectivity index (χ2v) is 9.01. The number of hydrogen-bond donors (Lipinski definition) is 1. The zero-order valence-electron chi connectivity index (χ0n) is 19.4. The monoisotopic (exact) mass is 448 g/mol. The molecule has 0 saturated heterocycles. The highest BCUT2D eigenvalue weighted by molar-refractivity contribution is 5.83. The average molecular weight is 449 g/mol. The molecule has 0 unspecified atom stereocenters. The van der Waals surface area contributed by atoms with Crippen LogP contribution in [0.15, 0.2) is 54.6 Å². The first-order chi connectivity index (χ1) is 16.0. The molecule has 174 valence electrons. The van der Waals surface area contributed by atoms with E-state index in [9.17, 15) is 4.79 Å². The number of carbonyl (C=O) groups is 1. The minimum absolute atomic E-state index is 0.124. The van der Waals surface area contributed by atoms with Crippen molar-refractivity contribution in [2.75, 3.05) is 20.3 Å². The highest BCUT2D eigenvalue weighted by Gasteiger charge is 2.35. The average Bonchev–Trinajstić information content (AvgIpc) is 3.15. The Balaban J connectivity index is 1.78. The maximum Gasteiger partial charge on any atom is 0.329 e. The second-order valence-electron chi connectivity index (χ2n) is 9.01. The number of aliphatic carboxylic acids is 1. The van der Waals surface area contributed by atoms with Crippen molar-refractivity contribution in [3.05, 3.63) is 60.3 Å². The summed E-state index contributed by atoms with van der Waals surface area (Å²) in [6, 6.07) is 18.4. The van der Waals surface area contributed by atoms with E-state index in [0.29, 0.717) is 13.2 Å². The molecule has 1 aromatic heterocycles. The van der Waals surface area contributed by atoms with Crippen LogP contribution in [0.25, 0.3) is 22.4 Å². The van der Waals surface area contributed by atoms with E-state index < -0.39 is 5.97 Å². The summed E-state index contributed by atoms with van der Waals surface area (Å²) in [6.07, 6.45) is 5.47. The molecule has 6 heteroatoms. The van der Waals surface area contributed by atoms with Crippen molar-refractivity contribution in [1.82, 2.24) is 9.78 Å². The Labute approximate surface area is 195 Å². The normalized spacial score (nSPS) is 15.3. The summed E-state index contributed by atoms with van der Waals surface area (Å²) in [5.41, 5.74) is 5.17. The van der Waals surface area contributed by atoms with Gasteiger partial charge in [0.1, 0.15) is 12.4 Å². The maximum absolute atomic E-state index is 11.0. The maximum atomic E-state index is 11.0. The molecule has 0 bridgehead atoms. The molecule has 33 heavy (non-hydrogen) atoms. The number of ether oxygens (including phenoxy) is 2. The van der Waals surface area contributed by atoms with Gasteiger partial charge < -0.3 is 14.6 Å². The number of methoxy groups -OCH3 is 1. The smallest absolute Gasteiger partial charge is 0.329 e. The van der Waals surface area contributed by atoms with Crippen LogP contribution < -0.4 is 4.74 Å². The number of benzene rings is 2. The van der Waals surface area contributed by atoms with Gasteiger partial charge in [-0.1, -0.05) is 61.7 Å². The summed E-state index contributed by atoms with van der Waals surface area (Å²) >= 11 is 0. The van der Waals surface area contributed by atoms with Gasteiger partial charge in [0.05, 0.1) is 25.1 Å². The van der Waals surface area contributed by atoms with E-state index in [2.05, 4.69) is 22.9 Å². The molecule has 1 saturated carbocycles. The van der Waals surface area contributed by atoms with Crippen molar-refractivity contribution in [1.29, 1.82) is 0 Å². The van der Waals surface area contributed by atoms with E-state index in [0.717, 1.165) is 59.5 Å². The lowest BCUT2D eigenvalue weighted by Crippen LogP contribution is -2.35. The van der Waals surface area contributed by atoms with Gasteiger partial charge in [0.2, 0.25) is 0 Å². The standard InChI is InChI=1S/C27H32N2O4/c1-20-25(22-12-9-13-23(16-22)32-2)26(21-10-5-3-6-11-21)29(28-20)18-27(14-7-4-8-15-27)19-33-17-24(30)31/h3,5-6,9-13,16H,4,7-8,14-15,17-19H2,1-2H3,(H,30,31). The van der Waals surface area contributed by atoms with Gasteiger partial charge >= 0.3 is 5.97 Å². The lowest BCUT2D eigenvalue weighted by Gasteiger charge is -2.37. The van der Waals surface area contributed by atoms with Gasteiger partial charge in [0.15, 0.2) is 0 Å². The van der Waals surface area contributed by atoms with Crippen LogP contribution in [-0.4, -0.2) is 41.2 Å². The number of aryl methyl sites for hydroxylation is 1. The summed E-state index contributed by atoms with van der Waals surface area (Å²) in [5, 5.41) is 14.1. The Kier molecular flexibility index (Phi) is 7.14. The fourth-order valence-electron chi connectivity index (χ4n) is 5.03. The minimum atomic E-state index is -0.929. The summed E-state index contributed by atoms with van der Waals surface area (Å²) in [7, 11) is 1.68. The van der Waals surface area contributed by atoms with Crippen LogP contribution >= 0.6 is 0 Å². The molecule has 0 amide bonds. The van der Waals surface area contributed by atoms with Crippen molar-refractivity contribution in [3.63, 3.8) is 0 Å². The van der Waals surface area contributed by atoms with Crippen molar-refractivity contribution in [2.24, 2.45) is 5.41 Å². The number of hydrogen-bond acceptors (Lipinski definition) is 4. The Morgan fingerprint density at radius 2 is 1.79 bits per heavy atom. The Bertz CT molecular complexity index is 1080. The minimum Gasteiger partial charge on any atom is -0.497 e. The van der Waals surface area contributed by atoms with Crippen LogP contribution in [0.4, 0.5) is 0 Å². The number of carboxylic acids is 1. The van der Waals surface area contributed by atoms with E-state index in [1.54, 1.807) is 7.11 Å². The van der Waals surface area contributed by atoms with Crippen LogP contribution in [0, 0.1) is 12.3 Å². The van der Waals surface area contributed by atoms with Gasteiger partial charge in [-0.3, -0.25) is 4.68 Å². The molecule has 1 aliphatic carbocycles. The van der Waals surface area contributed by atoms with E-state index in [-0.39, 0.29) is 12.0 Å². The third kappa shape index (κ3) is 5.28. The van der Waals surface area contributed by atoms with Crippen molar-refractivity contribution < 1.29 is 19.4 Å². The van der Waals surface area contributed by atoms with Crippen molar-refractivity contribution in [2.45, 2.75) is 45.6 Å². The third-order valence-corrected chi connectivity index (χ3v) is 6.57. The van der Waals surface area contributed by atoms with Gasteiger partial charge in [-0.05, 0) is 37.5 Å². The van der Waals surface area contributed by atoms with Crippen molar-refractivity contribution >= 4 is 5.97 Å². The fraction of sp³-hybridized carbons (Fsp3) is 0.407. The van der Waals surface area contributed by atoms with Crippen LogP contribution in [0.1, 0.15) is 37.8 Å². The van der Waals surface area contributed by atoms with Gasteiger partial charge in [-0.2, -0.15) is 5.10 Å². The van der Waals surface area contributed by atoms with Crippen LogP contribution in [0.2, 0.25) is 0 Å². The van der Waals surface area contributed by atoms with Gasteiger partial charge in [0, 0.05) is 23.1 Å². The zero-order valence-corrected chi connectivity index (χ0v) is 19.4. The van der Waals surface area contributed by atoms with Gasteiger partial charge in [-0.25, -0.2) is 4.79 Å². The van der Waals surface area contributed by atoms with Crippen LogP contribution in [-0.2, 0) is 16.1 Å². The molecule has 4 rings (SSSR count). The van der Waals surface area contributed by atoms with Crippen LogP contribution in [0.3, 0.4) is 0 Å². The molecule has 1 aliphatic rings. The predicted octanol–water partition coefficient (Wildman–Crippen LogP) is 5.59. The summed E-state index contributed by atoms with van der Waals surface area (Å²) in [5.74, 6) is -0.120. The van der Waals surface area contributed by atoms with E-state index in [1.807, 2.05) is 43.3 Å². The first-order valence-corrected chi connectivity index (χ1v) is 11.6. The van der Waals surface area contributed by atoms with Gasteiger partial charge in [0.25, 0.3) is 0 Å². The Morgan fingerprint density at radius 3 is 2.48 bits per heavy atom. The first-order valence-electron chi connectivity index (χ1n) is 11.6. The van der Waals surface area contributed by atoms with Crippen molar-refractivity contribution in [3.8, 4) is 28.1 Å². The fourth-order valence-corrected chi connectivity index (χ4v) is 5.03. The number of rotatable bonds is 9. The molecule has 3 aromatic rings. The van der Waals surface area contributed by atoms with E-state index >= 15 is 0 Å². The highest BCUT2D eigenvalue weighted by Crippen LogP contribution is 2.42. The molecule has 0 atom stereocenters. The van der Waals surface area contributed by atoms with Crippen LogP contribution in [0.5, 0.6) is 5.75 Å². The lowest BCUT2D eigenvalue weighted by molar-refractivity contribution is -0.144. The second kappa shape index (κ2) is 10.2. The zero-order chi connectivity index (χ0) is 23.3. The molecule has 1 fully saturated rings. The molecular weight excluding hydrogens is 416 g/mol. The highest BCUT2D eigenvalue weighted by atomic mass is 16.5. The Morgan fingerprint density at radius 1 is 1.06 bits per heavy atom. The lowest BCUT2D eigenvalue weighted by atomic mass is 9.74. The molecule has 1 heterocycles. The largest absolute Gasteiger partial charge is 0.497 e. The van der Waals surface area contributed by atoms with E-state index in [1.165, 1.54) is 6.42 Å². The molecule has 0 aliphatic heterocycles. The topological polar surface area (TPSA) is 73.6 Å².